The molecule has 0 N–H and O–H groups in total. The Balaban J connectivity index is 1.67. The Kier molecular flexibility index (Phi) is 4.35. The van der Waals surface area contributed by atoms with E-state index in [4.69, 9.17) is 9.15 Å². The number of aromatic nitrogens is 2. The van der Waals surface area contributed by atoms with E-state index >= 15 is 0 Å². The summed E-state index contributed by atoms with van der Waals surface area (Å²) in [6.07, 6.45) is 0. The van der Waals surface area contributed by atoms with Gasteiger partial charge in [-0.15, -0.1) is 21.5 Å². The van der Waals surface area contributed by atoms with E-state index < -0.39 is 5.97 Å². The van der Waals surface area contributed by atoms with E-state index in [9.17, 15) is 4.79 Å². The maximum atomic E-state index is 11.9. The second kappa shape index (κ2) is 6.41. The van der Waals surface area contributed by atoms with Gasteiger partial charge in [-0.05, 0) is 47.1 Å². The number of carbonyl (C=O) groups excluding carboxylic acids is 1. The van der Waals surface area contributed by atoms with Gasteiger partial charge in [-0.25, -0.2) is 4.79 Å². The molecule has 5 nitrogen and oxygen atoms in total. The van der Waals surface area contributed by atoms with Gasteiger partial charge in [-0.2, -0.15) is 0 Å². The Hall–Kier alpha value is -1.99. The maximum Gasteiger partial charge on any atom is 0.348 e. The summed E-state index contributed by atoms with van der Waals surface area (Å²) in [4.78, 5) is 13.5. The Morgan fingerprint density at radius 3 is 2.82 bits per heavy atom. The summed E-state index contributed by atoms with van der Waals surface area (Å²) >= 11 is 4.81. The van der Waals surface area contributed by atoms with Gasteiger partial charge in [-0.3, -0.25) is 0 Å². The minimum absolute atomic E-state index is 0.0484. The van der Waals surface area contributed by atoms with E-state index in [1.807, 2.05) is 37.3 Å². The molecule has 3 rings (SSSR count). The van der Waals surface area contributed by atoms with Crippen LogP contribution < -0.4 is 0 Å². The van der Waals surface area contributed by atoms with Gasteiger partial charge in [0.1, 0.15) is 4.88 Å². The van der Waals surface area contributed by atoms with Crippen LogP contribution in [0, 0.1) is 6.92 Å². The molecule has 0 unspecified atom stereocenters. The summed E-state index contributed by atoms with van der Waals surface area (Å²) in [5, 5.41) is 7.86. The fraction of sp³-hybridized carbons (Fsp3) is 0.133. The molecule has 2 heterocycles. The fourth-order valence-electron chi connectivity index (χ4n) is 1.80. The fourth-order valence-corrected chi connectivity index (χ4v) is 3.01. The van der Waals surface area contributed by atoms with Crippen LogP contribution in [0.15, 0.2) is 45.3 Å². The second-order valence-electron chi connectivity index (χ2n) is 4.47. The first-order chi connectivity index (χ1) is 10.6. The minimum Gasteiger partial charge on any atom is -0.451 e. The zero-order valence-electron chi connectivity index (χ0n) is 11.6. The topological polar surface area (TPSA) is 65.2 Å². The normalized spacial score (nSPS) is 10.6. The predicted octanol–water partition coefficient (Wildman–Crippen LogP) is 4.23. The van der Waals surface area contributed by atoms with E-state index in [0.29, 0.717) is 10.8 Å². The molecule has 0 fully saturated rings. The third kappa shape index (κ3) is 3.26. The van der Waals surface area contributed by atoms with E-state index in [0.717, 1.165) is 14.9 Å². The lowest BCUT2D eigenvalue weighted by Crippen LogP contribution is -2.03. The first kappa shape index (κ1) is 14.9. The molecule has 0 saturated carbocycles. The molecule has 0 bridgehead atoms. The highest BCUT2D eigenvalue weighted by Gasteiger charge is 2.14. The Labute approximate surface area is 139 Å². The van der Waals surface area contributed by atoms with Gasteiger partial charge < -0.3 is 9.15 Å². The van der Waals surface area contributed by atoms with Crippen molar-refractivity contribution >= 4 is 33.2 Å². The number of ether oxygens (including phenoxy) is 1. The van der Waals surface area contributed by atoms with Gasteiger partial charge in [0.25, 0.3) is 5.89 Å². The monoisotopic (exact) mass is 378 g/mol. The number of benzene rings is 1. The van der Waals surface area contributed by atoms with Crippen LogP contribution >= 0.6 is 27.3 Å². The maximum absolute atomic E-state index is 11.9. The van der Waals surface area contributed by atoms with Gasteiger partial charge in [0.15, 0.2) is 6.61 Å². The SMILES string of the molecule is Cc1ccc(C(=O)OCc2nnc(-c3ccccc3Br)o2)s1. The summed E-state index contributed by atoms with van der Waals surface area (Å²) in [5.74, 6) is 0.247. The lowest BCUT2D eigenvalue weighted by atomic mass is 10.2. The van der Waals surface area contributed by atoms with Gasteiger partial charge in [0, 0.05) is 9.35 Å². The zero-order chi connectivity index (χ0) is 15.5. The zero-order valence-corrected chi connectivity index (χ0v) is 14.0. The number of hydrogen-bond acceptors (Lipinski definition) is 6. The quantitative estimate of drug-likeness (QED) is 0.635. The highest BCUT2D eigenvalue weighted by molar-refractivity contribution is 9.10. The molecule has 1 aromatic carbocycles. The molecule has 7 heteroatoms. The molecule has 22 heavy (non-hydrogen) atoms. The van der Waals surface area contributed by atoms with Gasteiger partial charge in [0.2, 0.25) is 5.89 Å². The molecule has 3 aromatic rings. The highest BCUT2D eigenvalue weighted by Crippen LogP contribution is 2.26. The smallest absolute Gasteiger partial charge is 0.348 e. The number of nitrogens with zero attached hydrogens (tertiary/aromatic N) is 2. The molecule has 2 aromatic heterocycles. The van der Waals surface area contributed by atoms with Crippen LogP contribution in [0.3, 0.4) is 0 Å². The Morgan fingerprint density at radius 1 is 1.27 bits per heavy atom. The van der Waals surface area contributed by atoms with Crippen molar-refractivity contribution in [1.29, 1.82) is 0 Å². The molecule has 112 valence electrons. The number of aryl methyl sites for hydroxylation is 1. The molecular weight excluding hydrogens is 368 g/mol. The molecule has 0 atom stereocenters. The third-order valence-corrected chi connectivity index (χ3v) is 4.51. The van der Waals surface area contributed by atoms with Crippen LogP contribution in [0.1, 0.15) is 20.4 Å². The van der Waals surface area contributed by atoms with E-state index in [1.165, 1.54) is 11.3 Å². The molecule has 0 aliphatic carbocycles. The summed E-state index contributed by atoms with van der Waals surface area (Å²) in [6, 6.07) is 11.1. The Morgan fingerprint density at radius 2 is 2.09 bits per heavy atom. The summed E-state index contributed by atoms with van der Waals surface area (Å²) in [5.41, 5.74) is 0.793. The summed E-state index contributed by atoms with van der Waals surface area (Å²) < 4.78 is 11.5. The van der Waals surface area contributed by atoms with Gasteiger partial charge in [-0.1, -0.05) is 12.1 Å². The molecule has 0 radical (unpaired) electrons. The van der Waals surface area contributed by atoms with Gasteiger partial charge in [0.05, 0.1) is 5.56 Å². The first-order valence-corrected chi connectivity index (χ1v) is 8.05. The van der Waals surface area contributed by atoms with Crippen LogP contribution in [-0.4, -0.2) is 16.2 Å². The summed E-state index contributed by atoms with van der Waals surface area (Å²) in [7, 11) is 0. The van der Waals surface area contributed by atoms with Gasteiger partial charge >= 0.3 is 5.97 Å². The van der Waals surface area contributed by atoms with Crippen molar-refractivity contribution in [3.8, 4) is 11.5 Å². The lowest BCUT2D eigenvalue weighted by molar-refractivity contribution is 0.0444. The number of hydrogen-bond donors (Lipinski definition) is 0. The van der Waals surface area contributed by atoms with Crippen molar-refractivity contribution in [1.82, 2.24) is 10.2 Å². The number of rotatable bonds is 4. The lowest BCUT2D eigenvalue weighted by Gasteiger charge is -1.99. The van der Waals surface area contributed by atoms with E-state index in [2.05, 4.69) is 26.1 Å². The Bertz CT molecular complexity index is 812. The van der Waals surface area contributed by atoms with E-state index in [1.54, 1.807) is 6.07 Å². The van der Waals surface area contributed by atoms with Crippen molar-refractivity contribution < 1.29 is 13.9 Å². The van der Waals surface area contributed by atoms with Crippen molar-refractivity contribution in [2.24, 2.45) is 0 Å². The van der Waals surface area contributed by atoms with Crippen LogP contribution in [0.25, 0.3) is 11.5 Å². The number of esters is 1. The average Bonchev–Trinajstić information content (AvgIpc) is 3.14. The third-order valence-electron chi connectivity index (χ3n) is 2.84. The number of thiophene rings is 1. The van der Waals surface area contributed by atoms with E-state index in [-0.39, 0.29) is 12.5 Å². The molecule has 0 spiro atoms. The highest BCUT2D eigenvalue weighted by atomic mass is 79.9. The predicted molar refractivity (Wildman–Crippen MR) is 85.6 cm³/mol. The largest absolute Gasteiger partial charge is 0.451 e. The summed E-state index contributed by atoms with van der Waals surface area (Å²) in [6.45, 7) is 1.89. The molecule has 0 aliphatic heterocycles. The van der Waals surface area contributed by atoms with Crippen molar-refractivity contribution in [2.75, 3.05) is 0 Å². The molecule has 0 saturated heterocycles. The molecule has 0 aliphatic rings. The van der Waals surface area contributed by atoms with Crippen LogP contribution in [0.2, 0.25) is 0 Å². The number of carbonyl (C=O) groups is 1. The van der Waals surface area contributed by atoms with Crippen molar-refractivity contribution in [3.63, 3.8) is 0 Å². The number of halogens is 1. The van der Waals surface area contributed by atoms with Crippen molar-refractivity contribution in [2.45, 2.75) is 13.5 Å². The van der Waals surface area contributed by atoms with Crippen molar-refractivity contribution in [3.05, 3.63) is 56.5 Å². The van der Waals surface area contributed by atoms with Crippen LogP contribution in [0.5, 0.6) is 0 Å². The first-order valence-electron chi connectivity index (χ1n) is 6.44. The standard InChI is InChI=1S/C15H11BrN2O3S/c1-9-6-7-12(22-9)15(19)20-8-13-17-18-14(21-13)10-4-2-3-5-11(10)16/h2-7H,8H2,1H3. The van der Waals surface area contributed by atoms with Crippen LogP contribution in [0.4, 0.5) is 0 Å². The minimum atomic E-state index is -0.390. The second-order valence-corrected chi connectivity index (χ2v) is 6.61. The average molecular weight is 379 g/mol. The van der Waals surface area contributed by atoms with Crippen LogP contribution in [-0.2, 0) is 11.3 Å². The molecule has 0 amide bonds. The molecular formula is C15H11BrN2O3S.